The fourth-order valence-electron chi connectivity index (χ4n) is 1.51. The summed E-state index contributed by atoms with van der Waals surface area (Å²) in [6.07, 6.45) is -4.77. The third-order valence-corrected chi connectivity index (χ3v) is 3.29. The molecule has 0 radical (unpaired) electrons. The van der Waals surface area contributed by atoms with Gasteiger partial charge in [-0.05, 0) is 53.9 Å². The van der Waals surface area contributed by atoms with E-state index in [9.17, 15) is 23.1 Å². The number of aromatic hydroxyl groups is 1. The molecule has 1 aromatic rings. The van der Waals surface area contributed by atoms with Crippen LogP contribution in [-0.2, 0) is 17.4 Å². The number of aliphatic carboxylic acids is 1. The molecule has 106 valence electrons. The maximum atomic E-state index is 12.7. The maximum Gasteiger partial charge on any atom is 0.416 e. The van der Waals surface area contributed by atoms with Crippen LogP contribution < -0.4 is 0 Å². The van der Waals surface area contributed by atoms with Crippen LogP contribution in [-0.4, -0.2) is 16.2 Å². The summed E-state index contributed by atoms with van der Waals surface area (Å²) in [7, 11) is 0. The highest BCUT2D eigenvalue weighted by molar-refractivity contribution is 9.10. The third-order valence-electron chi connectivity index (χ3n) is 2.68. The summed E-state index contributed by atoms with van der Waals surface area (Å²) < 4.78 is 37.8. The highest BCUT2D eigenvalue weighted by atomic mass is 79.9. The van der Waals surface area contributed by atoms with E-state index in [0.717, 1.165) is 12.1 Å². The van der Waals surface area contributed by atoms with Gasteiger partial charge >= 0.3 is 12.1 Å². The Kier molecular flexibility index (Phi) is 4.19. The molecule has 0 aliphatic heterocycles. The van der Waals surface area contributed by atoms with Gasteiger partial charge in [-0.15, -0.1) is 0 Å². The molecule has 0 heterocycles. The van der Waals surface area contributed by atoms with Crippen LogP contribution in [0.25, 0.3) is 0 Å². The van der Waals surface area contributed by atoms with Crippen molar-refractivity contribution in [2.75, 3.05) is 0 Å². The van der Waals surface area contributed by atoms with E-state index in [-0.39, 0.29) is 22.2 Å². The van der Waals surface area contributed by atoms with Crippen molar-refractivity contribution in [3.05, 3.63) is 27.7 Å². The normalized spacial score (nSPS) is 12.5. The topological polar surface area (TPSA) is 57.5 Å². The number of halogens is 4. The van der Waals surface area contributed by atoms with E-state index in [4.69, 9.17) is 5.11 Å². The number of benzene rings is 1. The Morgan fingerprint density at radius 1 is 1.32 bits per heavy atom. The number of phenols is 1. The number of hydrogen-bond acceptors (Lipinski definition) is 2. The molecular formula is C12H12BrF3O3. The number of phenolic OH excluding ortho intramolecular Hbond substituents is 1. The van der Waals surface area contributed by atoms with Crippen molar-refractivity contribution in [1.29, 1.82) is 0 Å². The number of carboxylic acid groups (broad SMARTS) is 1. The van der Waals surface area contributed by atoms with Crippen molar-refractivity contribution in [3.8, 4) is 5.75 Å². The van der Waals surface area contributed by atoms with Crippen molar-refractivity contribution in [3.63, 3.8) is 0 Å². The molecule has 0 saturated heterocycles. The van der Waals surface area contributed by atoms with Crippen LogP contribution in [0.2, 0.25) is 0 Å². The molecule has 19 heavy (non-hydrogen) atoms. The predicted octanol–water partition coefficient (Wildman–Crippen LogP) is 3.83. The van der Waals surface area contributed by atoms with Crippen LogP contribution in [0.5, 0.6) is 5.75 Å². The van der Waals surface area contributed by atoms with Crippen molar-refractivity contribution >= 4 is 21.9 Å². The van der Waals surface area contributed by atoms with Crippen molar-refractivity contribution in [2.24, 2.45) is 5.41 Å². The average Bonchev–Trinajstić information content (AvgIpc) is 2.22. The van der Waals surface area contributed by atoms with Gasteiger partial charge in [-0.3, -0.25) is 4.79 Å². The van der Waals surface area contributed by atoms with Gasteiger partial charge in [0.2, 0.25) is 0 Å². The molecule has 1 rings (SSSR count). The lowest BCUT2D eigenvalue weighted by Crippen LogP contribution is -2.26. The van der Waals surface area contributed by atoms with E-state index >= 15 is 0 Å². The zero-order valence-electron chi connectivity index (χ0n) is 10.2. The predicted molar refractivity (Wildman–Crippen MR) is 65.9 cm³/mol. The van der Waals surface area contributed by atoms with Crippen LogP contribution in [0.15, 0.2) is 16.6 Å². The Morgan fingerprint density at radius 2 is 1.84 bits per heavy atom. The zero-order chi connectivity index (χ0) is 15.0. The highest BCUT2D eigenvalue weighted by Gasteiger charge is 2.34. The van der Waals surface area contributed by atoms with Gasteiger partial charge in [-0.25, -0.2) is 0 Å². The number of rotatable bonds is 3. The van der Waals surface area contributed by atoms with Crippen molar-refractivity contribution < 1.29 is 28.2 Å². The lowest BCUT2D eigenvalue weighted by atomic mass is 9.85. The van der Waals surface area contributed by atoms with E-state index in [1.807, 2.05) is 0 Å². The molecule has 0 spiro atoms. The lowest BCUT2D eigenvalue weighted by molar-refractivity contribution is -0.146. The van der Waals surface area contributed by atoms with Crippen LogP contribution in [0.1, 0.15) is 25.0 Å². The summed E-state index contributed by atoms with van der Waals surface area (Å²) in [5, 5.41) is 18.7. The Morgan fingerprint density at radius 3 is 2.26 bits per heavy atom. The van der Waals surface area contributed by atoms with Gasteiger partial charge in [0.1, 0.15) is 5.75 Å². The van der Waals surface area contributed by atoms with Crippen LogP contribution in [0.3, 0.4) is 0 Å². The molecule has 0 aliphatic carbocycles. The first kappa shape index (κ1) is 15.8. The molecule has 0 amide bonds. The molecule has 0 fully saturated rings. The molecule has 7 heteroatoms. The summed E-state index contributed by atoms with van der Waals surface area (Å²) in [6, 6.07) is 1.53. The van der Waals surface area contributed by atoms with Crippen LogP contribution >= 0.6 is 15.9 Å². The standard InChI is InChI=1S/C12H12BrF3O3/c1-11(2,10(18)19)5-6-3-7(12(14,15)16)4-8(13)9(6)17/h3-4,17H,5H2,1-2H3,(H,18,19). The van der Waals surface area contributed by atoms with E-state index in [1.165, 1.54) is 13.8 Å². The minimum Gasteiger partial charge on any atom is -0.506 e. The summed E-state index contributed by atoms with van der Waals surface area (Å²) in [5.41, 5.74) is -2.27. The maximum absolute atomic E-state index is 12.7. The largest absolute Gasteiger partial charge is 0.506 e. The highest BCUT2D eigenvalue weighted by Crippen LogP contribution is 2.39. The molecule has 0 aromatic heterocycles. The lowest BCUT2D eigenvalue weighted by Gasteiger charge is -2.21. The molecular weight excluding hydrogens is 329 g/mol. The van der Waals surface area contributed by atoms with Crippen LogP contribution in [0.4, 0.5) is 13.2 Å². The van der Waals surface area contributed by atoms with E-state index in [2.05, 4.69) is 15.9 Å². The van der Waals surface area contributed by atoms with E-state index in [0.29, 0.717) is 0 Å². The second-order valence-electron chi connectivity index (χ2n) is 4.83. The molecule has 3 nitrogen and oxygen atoms in total. The summed E-state index contributed by atoms with van der Waals surface area (Å²) in [6.45, 7) is 2.76. The quantitative estimate of drug-likeness (QED) is 0.879. The number of carbonyl (C=O) groups is 1. The molecule has 0 saturated carbocycles. The third kappa shape index (κ3) is 3.62. The Hall–Kier alpha value is -1.24. The first-order valence-electron chi connectivity index (χ1n) is 5.27. The summed E-state index contributed by atoms with van der Waals surface area (Å²) in [5.74, 6) is -1.53. The summed E-state index contributed by atoms with van der Waals surface area (Å²) >= 11 is 2.84. The number of carboxylic acids is 1. The Balaban J connectivity index is 3.28. The van der Waals surface area contributed by atoms with Gasteiger partial charge in [-0.2, -0.15) is 13.2 Å². The first-order chi connectivity index (χ1) is 8.45. The molecule has 0 aliphatic rings. The van der Waals surface area contributed by atoms with Gasteiger partial charge in [-0.1, -0.05) is 0 Å². The number of alkyl halides is 3. The van der Waals surface area contributed by atoms with E-state index in [1.54, 1.807) is 0 Å². The number of hydrogen-bond donors (Lipinski definition) is 2. The molecule has 0 unspecified atom stereocenters. The molecule has 1 aromatic carbocycles. The van der Waals surface area contributed by atoms with Gasteiger partial charge in [0, 0.05) is 0 Å². The molecule has 0 atom stereocenters. The first-order valence-corrected chi connectivity index (χ1v) is 6.06. The van der Waals surface area contributed by atoms with Gasteiger partial charge < -0.3 is 10.2 Å². The molecule has 2 N–H and O–H groups in total. The second-order valence-corrected chi connectivity index (χ2v) is 5.68. The van der Waals surface area contributed by atoms with Gasteiger partial charge in [0.25, 0.3) is 0 Å². The van der Waals surface area contributed by atoms with Crippen molar-refractivity contribution in [1.82, 2.24) is 0 Å². The van der Waals surface area contributed by atoms with E-state index < -0.39 is 23.1 Å². The average molecular weight is 341 g/mol. The minimum absolute atomic E-state index is 0.0610. The fourth-order valence-corrected chi connectivity index (χ4v) is 2.01. The second kappa shape index (κ2) is 5.03. The minimum atomic E-state index is -4.56. The zero-order valence-corrected chi connectivity index (χ0v) is 11.8. The molecule has 0 bridgehead atoms. The monoisotopic (exact) mass is 340 g/mol. The Bertz CT molecular complexity index is 510. The smallest absolute Gasteiger partial charge is 0.416 e. The fraction of sp³-hybridized carbons (Fsp3) is 0.417. The SMILES string of the molecule is CC(C)(Cc1cc(C(F)(F)F)cc(Br)c1O)C(=O)O. The van der Waals surface area contributed by atoms with Gasteiger partial charge in [0.15, 0.2) is 0 Å². The van der Waals surface area contributed by atoms with Crippen molar-refractivity contribution in [2.45, 2.75) is 26.4 Å². The Labute approximate surface area is 116 Å². The van der Waals surface area contributed by atoms with Gasteiger partial charge in [0.05, 0.1) is 15.5 Å². The summed E-state index contributed by atoms with van der Waals surface area (Å²) in [4.78, 5) is 11.0. The van der Waals surface area contributed by atoms with Crippen LogP contribution in [0, 0.1) is 5.41 Å².